The number of carbonyl (C=O) groups excluding carboxylic acids is 3. The van der Waals surface area contributed by atoms with Crippen LogP contribution in [0.4, 0.5) is 0 Å². The molecule has 3 unspecified atom stereocenters. The summed E-state index contributed by atoms with van der Waals surface area (Å²) in [5.74, 6) is -8.11. The van der Waals surface area contributed by atoms with Crippen LogP contribution in [-0.4, -0.2) is 69.0 Å². The van der Waals surface area contributed by atoms with Crippen molar-refractivity contribution in [1.82, 2.24) is 4.90 Å². The number of aromatic hydroxyl groups is 1. The second-order valence-corrected chi connectivity index (χ2v) is 8.63. The van der Waals surface area contributed by atoms with E-state index >= 15 is 0 Å². The van der Waals surface area contributed by atoms with Crippen molar-refractivity contribution in [2.75, 3.05) is 14.1 Å². The molecule has 0 heterocycles. The smallest absolute Gasteiger partial charge is 0.255 e. The number of phenolic OH excluding ortho intramolecular Hbond substituents is 1. The molecule has 0 bridgehead atoms. The Hall–Kier alpha value is -3.17. The number of amides is 1. The highest BCUT2D eigenvalue weighted by Gasteiger charge is 2.60. The van der Waals surface area contributed by atoms with Crippen LogP contribution in [-0.2, 0) is 14.4 Å². The summed E-state index contributed by atoms with van der Waals surface area (Å²) in [5.41, 5.74) is 5.11. The maximum Gasteiger partial charge on any atom is 0.255 e. The molecule has 3 aliphatic rings. The molecule has 6 N–H and O–H groups in total. The summed E-state index contributed by atoms with van der Waals surface area (Å²) in [6.45, 7) is 1.76. The zero-order valence-electron chi connectivity index (χ0n) is 17.2. The Labute approximate surface area is 178 Å². The second kappa shape index (κ2) is 6.93. The van der Waals surface area contributed by atoms with E-state index in [1.54, 1.807) is 33.2 Å². The van der Waals surface area contributed by atoms with Crippen LogP contribution in [0.3, 0.4) is 0 Å². The number of primary amides is 1. The third-order valence-corrected chi connectivity index (χ3v) is 6.86. The van der Waals surface area contributed by atoms with Crippen LogP contribution in [0, 0.1) is 17.8 Å². The number of benzene rings is 1. The number of hydrogen-bond donors (Lipinski definition) is 5. The maximum atomic E-state index is 13.6. The quantitative estimate of drug-likeness (QED) is 0.334. The lowest BCUT2D eigenvalue weighted by atomic mass is 9.56. The van der Waals surface area contributed by atoms with Crippen molar-refractivity contribution < 1.29 is 34.8 Å². The van der Waals surface area contributed by atoms with E-state index in [0.717, 1.165) is 0 Å². The summed E-state index contributed by atoms with van der Waals surface area (Å²) in [7, 11) is 3.17. The normalized spacial score (nSPS) is 32.7. The van der Waals surface area contributed by atoms with Gasteiger partial charge in [-0.25, -0.2) is 0 Å². The first kappa shape index (κ1) is 21.1. The van der Waals surface area contributed by atoms with Crippen molar-refractivity contribution in [3.8, 4) is 5.75 Å². The fraction of sp³-hybridized carbons (Fsp3) is 0.409. The monoisotopic (exact) mass is 428 g/mol. The zero-order chi connectivity index (χ0) is 22.9. The van der Waals surface area contributed by atoms with Gasteiger partial charge in [0.25, 0.3) is 5.91 Å². The van der Waals surface area contributed by atoms with E-state index in [1.807, 2.05) is 0 Å². The predicted molar refractivity (Wildman–Crippen MR) is 109 cm³/mol. The molecule has 4 rings (SSSR count). The van der Waals surface area contributed by atoms with Crippen LogP contribution in [0.1, 0.15) is 24.0 Å². The van der Waals surface area contributed by atoms with E-state index in [-0.39, 0.29) is 16.9 Å². The van der Waals surface area contributed by atoms with E-state index in [1.165, 1.54) is 11.0 Å². The molecule has 1 aromatic rings. The third-order valence-electron chi connectivity index (χ3n) is 6.86. The van der Waals surface area contributed by atoms with Gasteiger partial charge in [0, 0.05) is 17.4 Å². The first-order valence-electron chi connectivity index (χ1n) is 9.91. The summed E-state index contributed by atoms with van der Waals surface area (Å²) >= 11 is 0. The number of nitrogens with zero attached hydrogens (tertiary/aromatic N) is 1. The second-order valence-electron chi connectivity index (χ2n) is 8.63. The lowest BCUT2D eigenvalue weighted by Crippen LogP contribution is -2.61. The number of likely N-dealkylation sites (N-methyl/N-ethyl adjacent to an activating group) is 1. The van der Waals surface area contributed by atoms with Crippen LogP contribution in [0.2, 0.25) is 0 Å². The van der Waals surface area contributed by atoms with Crippen LogP contribution < -0.4 is 5.73 Å². The van der Waals surface area contributed by atoms with E-state index in [4.69, 9.17) is 5.73 Å². The van der Waals surface area contributed by atoms with E-state index in [2.05, 4.69) is 0 Å². The number of rotatable bonds is 2. The molecule has 0 aliphatic heterocycles. The first-order chi connectivity index (χ1) is 14.5. The number of hydrogen-bond acceptors (Lipinski definition) is 8. The molecule has 1 fully saturated rings. The van der Waals surface area contributed by atoms with Crippen molar-refractivity contribution in [3.05, 3.63) is 46.2 Å². The van der Waals surface area contributed by atoms with Crippen molar-refractivity contribution >= 4 is 23.2 Å². The lowest BCUT2D eigenvalue weighted by Gasteiger charge is -2.50. The van der Waals surface area contributed by atoms with Gasteiger partial charge in [-0.2, -0.15) is 0 Å². The van der Waals surface area contributed by atoms with Crippen molar-refractivity contribution in [3.63, 3.8) is 0 Å². The number of fused-ring (bicyclic) bond motifs is 3. The van der Waals surface area contributed by atoms with E-state index in [9.17, 15) is 34.8 Å². The molecule has 1 aromatic carbocycles. The molecule has 0 spiro atoms. The predicted octanol–water partition coefficient (Wildman–Crippen LogP) is 0.381. The number of phenols is 1. The summed E-state index contributed by atoms with van der Waals surface area (Å²) in [4.78, 5) is 40.1. The largest absolute Gasteiger partial charge is 0.510 e. The van der Waals surface area contributed by atoms with Gasteiger partial charge in [0.2, 0.25) is 0 Å². The molecule has 9 heteroatoms. The average Bonchev–Trinajstić information content (AvgIpc) is 2.67. The number of Topliss-reactive ketones (excluding diaryl/α,β-unsaturated/α-hetero) is 2. The number of nitrogens with two attached hydrogens (primary N) is 1. The van der Waals surface area contributed by atoms with Crippen molar-refractivity contribution in [1.29, 1.82) is 0 Å². The highest BCUT2D eigenvalue weighted by atomic mass is 16.3. The standard InChI is InChI=1S/C22H24N2O7/c1-7-8-5-4-6-9(25)11(8)18(27)13-10(7)17(26)12-14(19(13)28)20(29)15(22(23)31)21(30)16(12)24(2)3/h4-7,10,12,14,16-17,25-27,30H,1-3H3,(H2,23,31)/t7-,10?,12?,14?,16-,17-/m0/s1. The summed E-state index contributed by atoms with van der Waals surface area (Å²) in [6.07, 6.45) is -1.31. The topological polar surface area (TPSA) is 161 Å². The summed E-state index contributed by atoms with van der Waals surface area (Å²) in [5, 5.41) is 43.3. The highest BCUT2D eigenvalue weighted by Crippen LogP contribution is 2.54. The van der Waals surface area contributed by atoms with Crippen molar-refractivity contribution in [2.45, 2.75) is 25.0 Å². The van der Waals surface area contributed by atoms with E-state index < -0.39 is 70.4 Å². The van der Waals surface area contributed by atoms with Crippen LogP contribution in [0.25, 0.3) is 5.76 Å². The number of ketones is 2. The van der Waals surface area contributed by atoms with Gasteiger partial charge in [0.15, 0.2) is 11.6 Å². The molecular formula is C22H24N2O7. The van der Waals surface area contributed by atoms with Gasteiger partial charge in [-0.3, -0.25) is 19.3 Å². The van der Waals surface area contributed by atoms with Gasteiger partial charge >= 0.3 is 0 Å². The average molecular weight is 428 g/mol. The Bertz CT molecular complexity index is 1090. The Kier molecular flexibility index (Phi) is 4.71. The van der Waals surface area contributed by atoms with Crippen LogP contribution >= 0.6 is 0 Å². The minimum absolute atomic E-state index is 0.0844. The number of aliphatic hydroxyl groups excluding tert-OH is 3. The van der Waals surface area contributed by atoms with Gasteiger partial charge in [-0.05, 0) is 31.6 Å². The van der Waals surface area contributed by atoms with Gasteiger partial charge in [0.1, 0.15) is 22.8 Å². The van der Waals surface area contributed by atoms with E-state index in [0.29, 0.717) is 5.56 Å². The molecule has 0 radical (unpaired) electrons. The number of aliphatic hydroxyl groups is 3. The van der Waals surface area contributed by atoms with Crippen LogP contribution in [0.5, 0.6) is 5.75 Å². The van der Waals surface area contributed by atoms with Gasteiger partial charge < -0.3 is 26.2 Å². The molecule has 1 amide bonds. The maximum absolute atomic E-state index is 13.6. The molecule has 9 nitrogen and oxygen atoms in total. The Morgan fingerprint density at radius 2 is 1.74 bits per heavy atom. The molecular weight excluding hydrogens is 404 g/mol. The Morgan fingerprint density at radius 3 is 2.32 bits per heavy atom. The molecule has 0 aromatic heterocycles. The van der Waals surface area contributed by atoms with Gasteiger partial charge in [-0.1, -0.05) is 19.1 Å². The molecule has 0 saturated heterocycles. The molecule has 3 aliphatic carbocycles. The van der Waals surface area contributed by atoms with Crippen molar-refractivity contribution in [2.24, 2.45) is 23.5 Å². The Morgan fingerprint density at radius 1 is 1.10 bits per heavy atom. The third kappa shape index (κ3) is 2.66. The SMILES string of the molecule is C[C@H]1c2cccc(O)c2C(O)=C2C(=O)C3C(=O)C(C(N)=O)=C(O)[C@@H](N(C)C)C3[C@@H](O)C21. The minimum atomic E-state index is -1.51. The molecule has 31 heavy (non-hydrogen) atoms. The summed E-state index contributed by atoms with van der Waals surface area (Å²) < 4.78 is 0. The zero-order valence-corrected chi connectivity index (χ0v) is 17.2. The van der Waals surface area contributed by atoms with Gasteiger partial charge in [-0.15, -0.1) is 0 Å². The van der Waals surface area contributed by atoms with Crippen LogP contribution in [0.15, 0.2) is 35.1 Å². The molecule has 164 valence electrons. The fourth-order valence-electron chi connectivity index (χ4n) is 5.57. The summed E-state index contributed by atoms with van der Waals surface area (Å²) in [6, 6.07) is 3.65. The highest BCUT2D eigenvalue weighted by molar-refractivity contribution is 6.28. The molecule has 6 atom stereocenters. The number of carbonyl (C=O) groups is 3. The fourth-order valence-corrected chi connectivity index (χ4v) is 5.57. The Balaban J connectivity index is 1.99. The lowest BCUT2D eigenvalue weighted by molar-refractivity contribution is -0.143. The van der Waals surface area contributed by atoms with Gasteiger partial charge in [0.05, 0.1) is 23.6 Å². The molecule has 1 saturated carbocycles. The first-order valence-corrected chi connectivity index (χ1v) is 9.91. The minimum Gasteiger partial charge on any atom is -0.510 e.